The number of alkyl halides is 4. The highest BCUT2D eigenvalue weighted by Crippen LogP contribution is 2.30. The van der Waals surface area contributed by atoms with E-state index < -0.39 is 30.6 Å². The summed E-state index contributed by atoms with van der Waals surface area (Å²) in [6.45, 7) is 0.983. The second-order valence-electron chi connectivity index (χ2n) is 6.94. The molecule has 0 bridgehead atoms. The molecule has 6 nitrogen and oxygen atoms in total. The molecule has 0 N–H and O–H groups in total. The zero-order chi connectivity index (χ0) is 21.5. The van der Waals surface area contributed by atoms with Gasteiger partial charge in [0.25, 0.3) is 5.56 Å². The molecule has 12 heteroatoms. The fourth-order valence-corrected chi connectivity index (χ4v) is 4.93. The predicted octanol–water partition coefficient (Wildman–Crippen LogP) is 2.49. The van der Waals surface area contributed by atoms with E-state index in [0.717, 1.165) is 16.0 Å². The molecule has 2 aromatic rings. The van der Waals surface area contributed by atoms with Gasteiger partial charge in [0.1, 0.15) is 11.4 Å². The first kappa shape index (κ1) is 21.8. The van der Waals surface area contributed by atoms with Crippen molar-refractivity contribution < 1.29 is 17.6 Å². The van der Waals surface area contributed by atoms with Gasteiger partial charge in [0.2, 0.25) is 0 Å². The van der Waals surface area contributed by atoms with Crippen LogP contribution in [0.5, 0.6) is 0 Å². The van der Waals surface area contributed by atoms with Crippen LogP contribution in [-0.4, -0.2) is 57.0 Å². The normalized spacial score (nSPS) is 15.2. The van der Waals surface area contributed by atoms with Crippen LogP contribution in [0.3, 0.4) is 0 Å². The second-order valence-corrected chi connectivity index (χ2v) is 8.39. The van der Waals surface area contributed by atoms with Gasteiger partial charge in [-0.2, -0.15) is 13.2 Å². The molecule has 0 radical (unpaired) electrons. The van der Waals surface area contributed by atoms with Crippen LogP contribution in [0.4, 0.5) is 17.6 Å². The van der Waals surface area contributed by atoms with Crippen LogP contribution in [0.15, 0.2) is 9.59 Å². The van der Waals surface area contributed by atoms with Crippen LogP contribution >= 0.6 is 23.6 Å². The summed E-state index contributed by atoms with van der Waals surface area (Å²) in [5, 5.41) is 0.720. The maximum Gasteiger partial charge on any atom is 0.406 e. The molecule has 3 rings (SSSR count). The SMILES string of the molecule is Cc1c(CN2CCN(C)C2=S)sc2c1c(=O)n(CC(F)(F)F)c(=O)n2CCCF. The third-order valence-electron chi connectivity index (χ3n) is 4.88. The number of halogens is 4. The molecule has 0 atom stereocenters. The van der Waals surface area contributed by atoms with Crippen molar-refractivity contribution in [2.45, 2.75) is 39.2 Å². The highest BCUT2D eigenvalue weighted by Gasteiger charge is 2.32. The maximum atomic E-state index is 13.0. The fraction of sp³-hybridized carbons (Fsp3) is 0.588. The number of aromatic nitrogens is 2. The number of thiocarbonyl (C=S) groups is 1. The fourth-order valence-electron chi connectivity index (χ4n) is 3.35. The molecule has 0 spiro atoms. The van der Waals surface area contributed by atoms with Gasteiger partial charge in [-0.05, 0) is 31.1 Å². The first-order chi connectivity index (χ1) is 13.5. The van der Waals surface area contributed by atoms with Gasteiger partial charge in [-0.15, -0.1) is 11.3 Å². The molecule has 29 heavy (non-hydrogen) atoms. The Hall–Kier alpha value is -1.95. The molecule has 1 fully saturated rings. The average Bonchev–Trinajstić information content (AvgIpc) is 3.12. The van der Waals surface area contributed by atoms with E-state index >= 15 is 0 Å². The molecule has 1 aliphatic heterocycles. The standard InChI is InChI=1S/C17H20F4N4O2S2/c1-10-11(8-23-7-6-22(2)16(23)28)29-14-12(10)13(26)25(9-17(19,20)21)15(27)24(14)5-3-4-18/h3-9H2,1-2H3. The van der Waals surface area contributed by atoms with Gasteiger partial charge in [0, 0.05) is 31.6 Å². The number of hydrogen-bond acceptors (Lipinski definition) is 4. The number of thiophene rings is 1. The summed E-state index contributed by atoms with van der Waals surface area (Å²) in [7, 11) is 1.87. The van der Waals surface area contributed by atoms with Gasteiger partial charge >= 0.3 is 11.9 Å². The van der Waals surface area contributed by atoms with Crippen molar-refractivity contribution in [3.05, 3.63) is 31.3 Å². The highest BCUT2D eigenvalue weighted by atomic mass is 32.1. The van der Waals surface area contributed by atoms with Crippen LogP contribution in [0, 0.1) is 6.92 Å². The quantitative estimate of drug-likeness (QED) is 0.498. The van der Waals surface area contributed by atoms with E-state index in [9.17, 15) is 27.2 Å². The average molecular weight is 452 g/mol. The van der Waals surface area contributed by atoms with Crippen molar-refractivity contribution in [3.63, 3.8) is 0 Å². The lowest BCUT2D eigenvalue weighted by Crippen LogP contribution is -2.43. The molecule has 0 unspecified atom stereocenters. The number of hydrogen-bond donors (Lipinski definition) is 0. The number of rotatable bonds is 6. The van der Waals surface area contributed by atoms with Crippen LogP contribution in [0.2, 0.25) is 0 Å². The Kier molecular flexibility index (Phi) is 6.04. The molecule has 3 heterocycles. The van der Waals surface area contributed by atoms with Gasteiger partial charge in [-0.1, -0.05) is 0 Å². The van der Waals surface area contributed by atoms with E-state index in [-0.39, 0.29) is 27.7 Å². The van der Waals surface area contributed by atoms with Gasteiger partial charge < -0.3 is 9.80 Å². The number of nitrogens with zero attached hydrogens (tertiary/aromatic N) is 4. The van der Waals surface area contributed by atoms with E-state index in [2.05, 4.69) is 0 Å². The molecule has 0 saturated carbocycles. The molecule has 1 saturated heterocycles. The highest BCUT2D eigenvalue weighted by molar-refractivity contribution is 7.80. The summed E-state index contributed by atoms with van der Waals surface area (Å²) in [4.78, 5) is 30.3. The predicted molar refractivity (Wildman–Crippen MR) is 107 cm³/mol. The smallest absolute Gasteiger partial charge is 0.350 e. The summed E-state index contributed by atoms with van der Waals surface area (Å²) < 4.78 is 52.8. The summed E-state index contributed by atoms with van der Waals surface area (Å²) >= 11 is 6.54. The van der Waals surface area contributed by atoms with Crippen molar-refractivity contribution in [1.29, 1.82) is 0 Å². The van der Waals surface area contributed by atoms with Crippen LogP contribution < -0.4 is 11.2 Å². The zero-order valence-corrected chi connectivity index (χ0v) is 17.5. The molecular formula is C17H20F4N4O2S2. The van der Waals surface area contributed by atoms with Crippen molar-refractivity contribution >= 4 is 38.9 Å². The first-order valence-electron chi connectivity index (χ1n) is 8.93. The Balaban J connectivity index is 2.17. The molecule has 1 aliphatic rings. The molecule has 2 aromatic heterocycles. The summed E-state index contributed by atoms with van der Waals surface area (Å²) in [6, 6.07) is 0. The Morgan fingerprint density at radius 3 is 2.41 bits per heavy atom. The minimum atomic E-state index is -4.73. The number of aryl methyl sites for hydroxylation is 2. The van der Waals surface area contributed by atoms with Crippen LogP contribution in [-0.2, 0) is 19.6 Å². The number of likely N-dealkylation sites (N-methyl/N-ethyl adjacent to an activating group) is 1. The lowest BCUT2D eigenvalue weighted by molar-refractivity contribution is -0.141. The Morgan fingerprint density at radius 1 is 1.17 bits per heavy atom. The molecule has 0 aromatic carbocycles. The minimum Gasteiger partial charge on any atom is -0.350 e. The van der Waals surface area contributed by atoms with Gasteiger partial charge in [0.05, 0.1) is 18.6 Å². The lowest BCUT2D eigenvalue weighted by Gasteiger charge is -2.18. The van der Waals surface area contributed by atoms with E-state index in [1.165, 1.54) is 11.3 Å². The minimum absolute atomic E-state index is 0.0352. The number of fused-ring (bicyclic) bond motifs is 1. The third kappa shape index (κ3) is 4.18. The van der Waals surface area contributed by atoms with Crippen molar-refractivity contribution in [3.8, 4) is 0 Å². The first-order valence-corrected chi connectivity index (χ1v) is 10.2. The largest absolute Gasteiger partial charge is 0.406 e. The molecule has 0 aliphatic carbocycles. The van der Waals surface area contributed by atoms with Crippen LogP contribution in [0.25, 0.3) is 10.2 Å². The van der Waals surface area contributed by atoms with E-state index in [1.54, 1.807) is 6.92 Å². The Morgan fingerprint density at radius 2 is 1.86 bits per heavy atom. The van der Waals surface area contributed by atoms with Gasteiger partial charge in [-0.25, -0.2) is 4.79 Å². The lowest BCUT2D eigenvalue weighted by atomic mass is 10.2. The Labute approximate surface area is 172 Å². The second kappa shape index (κ2) is 8.05. The van der Waals surface area contributed by atoms with Crippen LogP contribution in [0.1, 0.15) is 16.9 Å². The van der Waals surface area contributed by atoms with Gasteiger partial charge in [0.15, 0.2) is 5.11 Å². The van der Waals surface area contributed by atoms with Crippen molar-refractivity contribution in [2.24, 2.45) is 0 Å². The monoisotopic (exact) mass is 452 g/mol. The summed E-state index contributed by atoms with van der Waals surface area (Å²) in [5.41, 5.74) is -1.52. The van der Waals surface area contributed by atoms with E-state index in [1.807, 2.05) is 16.8 Å². The van der Waals surface area contributed by atoms with Crippen molar-refractivity contribution in [2.75, 3.05) is 26.8 Å². The Bertz CT molecular complexity index is 1060. The maximum absolute atomic E-state index is 13.0. The molecule has 160 valence electrons. The third-order valence-corrected chi connectivity index (χ3v) is 6.75. The van der Waals surface area contributed by atoms with E-state index in [4.69, 9.17) is 12.2 Å². The summed E-state index contributed by atoms with van der Waals surface area (Å²) in [5.74, 6) is 0. The van der Waals surface area contributed by atoms with E-state index in [0.29, 0.717) is 23.8 Å². The molecule has 0 amide bonds. The summed E-state index contributed by atoms with van der Waals surface area (Å²) in [6.07, 6.45) is -4.76. The van der Waals surface area contributed by atoms with Gasteiger partial charge in [-0.3, -0.25) is 18.3 Å². The van der Waals surface area contributed by atoms with Crippen molar-refractivity contribution in [1.82, 2.24) is 18.9 Å². The topological polar surface area (TPSA) is 50.5 Å². The zero-order valence-electron chi connectivity index (χ0n) is 15.9. The molecular weight excluding hydrogens is 432 g/mol.